The van der Waals surface area contributed by atoms with E-state index in [2.05, 4.69) is 31.0 Å². The number of nitrogens with one attached hydrogen (secondary N) is 1. The Kier molecular flexibility index (Phi) is 6.54. The quantitative estimate of drug-likeness (QED) is 0.536. The smallest absolute Gasteiger partial charge is 0.0953 e. The summed E-state index contributed by atoms with van der Waals surface area (Å²) in [6.45, 7) is 8.31. The van der Waals surface area contributed by atoms with Crippen LogP contribution in [0.25, 0.3) is 0 Å². The lowest BCUT2D eigenvalue weighted by Crippen LogP contribution is -2.24. The third kappa shape index (κ3) is 4.60. The molecule has 16 heavy (non-hydrogen) atoms. The summed E-state index contributed by atoms with van der Waals surface area (Å²) in [7, 11) is 0. The van der Waals surface area contributed by atoms with Gasteiger partial charge in [0.25, 0.3) is 0 Å². The molecule has 2 nitrogen and oxygen atoms in total. The molecule has 0 aromatic heterocycles. The van der Waals surface area contributed by atoms with Crippen molar-refractivity contribution in [3.8, 4) is 0 Å². The van der Waals surface area contributed by atoms with E-state index in [1.165, 1.54) is 5.56 Å². The van der Waals surface area contributed by atoms with Gasteiger partial charge in [0.2, 0.25) is 0 Å². The molecule has 0 aliphatic rings. The third-order valence-electron chi connectivity index (χ3n) is 2.34. The van der Waals surface area contributed by atoms with Gasteiger partial charge in [-0.1, -0.05) is 43.3 Å². The van der Waals surface area contributed by atoms with Crippen LogP contribution in [0, 0.1) is 0 Å². The monoisotopic (exact) mass is 219 g/mol. The van der Waals surface area contributed by atoms with Gasteiger partial charge >= 0.3 is 0 Å². The van der Waals surface area contributed by atoms with Gasteiger partial charge in [0.15, 0.2) is 0 Å². The lowest BCUT2D eigenvalue weighted by Gasteiger charge is -2.18. The molecule has 2 heteroatoms. The van der Waals surface area contributed by atoms with Crippen LogP contribution in [-0.4, -0.2) is 19.7 Å². The van der Waals surface area contributed by atoms with E-state index in [1.807, 2.05) is 18.2 Å². The van der Waals surface area contributed by atoms with E-state index >= 15 is 0 Å². The van der Waals surface area contributed by atoms with Crippen molar-refractivity contribution in [2.45, 2.75) is 19.4 Å². The second-order valence-electron chi connectivity index (χ2n) is 3.73. The van der Waals surface area contributed by atoms with E-state index in [1.54, 1.807) is 6.08 Å². The van der Waals surface area contributed by atoms with Gasteiger partial charge in [0.1, 0.15) is 0 Å². The summed E-state index contributed by atoms with van der Waals surface area (Å²) >= 11 is 0. The van der Waals surface area contributed by atoms with Crippen molar-refractivity contribution in [3.05, 3.63) is 48.6 Å². The molecule has 1 atom stereocenters. The first kappa shape index (κ1) is 12.9. The molecule has 0 heterocycles. The minimum absolute atomic E-state index is 0.116. The molecule has 0 aliphatic heterocycles. The Morgan fingerprint density at radius 3 is 2.75 bits per heavy atom. The molecule has 0 amide bonds. The minimum atomic E-state index is 0.116. The van der Waals surface area contributed by atoms with Gasteiger partial charge in [-0.3, -0.25) is 0 Å². The van der Waals surface area contributed by atoms with Gasteiger partial charge in [-0.05, 0) is 18.5 Å². The lowest BCUT2D eigenvalue weighted by molar-refractivity contribution is 0.0740. The van der Waals surface area contributed by atoms with Gasteiger partial charge in [0, 0.05) is 6.54 Å². The molecule has 1 unspecified atom stereocenters. The fourth-order valence-corrected chi connectivity index (χ4v) is 1.53. The Morgan fingerprint density at radius 1 is 1.38 bits per heavy atom. The Labute approximate surface area is 98.3 Å². The van der Waals surface area contributed by atoms with Gasteiger partial charge in [-0.2, -0.15) is 0 Å². The Hall–Kier alpha value is -1.12. The minimum Gasteiger partial charge on any atom is -0.368 e. The predicted molar refractivity (Wildman–Crippen MR) is 68.5 cm³/mol. The summed E-state index contributed by atoms with van der Waals surface area (Å²) in [4.78, 5) is 0. The summed E-state index contributed by atoms with van der Waals surface area (Å²) < 4.78 is 5.74. The van der Waals surface area contributed by atoms with Crippen molar-refractivity contribution in [1.29, 1.82) is 0 Å². The maximum absolute atomic E-state index is 5.74. The molecule has 1 aromatic carbocycles. The number of rotatable bonds is 8. The van der Waals surface area contributed by atoms with Crippen molar-refractivity contribution < 1.29 is 4.74 Å². The second-order valence-corrected chi connectivity index (χ2v) is 3.73. The number of ether oxygens (including phenoxy) is 1. The molecule has 0 saturated carbocycles. The Bertz CT molecular complexity index is 284. The van der Waals surface area contributed by atoms with Gasteiger partial charge in [0.05, 0.1) is 12.7 Å². The van der Waals surface area contributed by atoms with Crippen LogP contribution in [0.1, 0.15) is 25.0 Å². The molecule has 1 N–H and O–H groups in total. The molecule has 0 fully saturated rings. The SMILES string of the molecule is C=CCOC(CNCCC)c1ccccc1. The molecule has 1 aromatic rings. The molecule has 0 radical (unpaired) electrons. The normalized spacial score (nSPS) is 12.3. The zero-order chi connectivity index (χ0) is 11.6. The van der Waals surface area contributed by atoms with Crippen molar-refractivity contribution in [1.82, 2.24) is 5.32 Å². The fourth-order valence-electron chi connectivity index (χ4n) is 1.53. The summed E-state index contributed by atoms with van der Waals surface area (Å²) in [5, 5.41) is 3.38. The number of benzene rings is 1. The zero-order valence-corrected chi connectivity index (χ0v) is 9.99. The molecule has 0 spiro atoms. The van der Waals surface area contributed by atoms with Crippen molar-refractivity contribution >= 4 is 0 Å². The van der Waals surface area contributed by atoms with Crippen LogP contribution in [0.2, 0.25) is 0 Å². The maximum atomic E-state index is 5.74. The van der Waals surface area contributed by atoms with Crippen LogP contribution < -0.4 is 5.32 Å². The van der Waals surface area contributed by atoms with Gasteiger partial charge in [-0.25, -0.2) is 0 Å². The zero-order valence-electron chi connectivity index (χ0n) is 9.99. The molecule has 0 saturated heterocycles. The maximum Gasteiger partial charge on any atom is 0.0953 e. The summed E-state index contributed by atoms with van der Waals surface area (Å²) in [5.74, 6) is 0. The first-order chi connectivity index (χ1) is 7.88. The van der Waals surface area contributed by atoms with E-state index < -0.39 is 0 Å². The van der Waals surface area contributed by atoms with Crippen LogP contribution in [0.5, 0.6) is 0 Å². The van der Waals surface area contributed by atoms with Crippen molar-refractivity contribution in [3.63, 3.8) is 0 Å². The lowest BCUT2D eigenvalue weighted by atomic mass is 10.1. The van der Waals surface area contributed by atoms with Crippen LogP contribution in [0.3, 0.4) is 0 Å². The molecule has 1 rings (SSSR count). The Morgan fingerprint density at radius 2 is 2.12 bits per heavy atom. The van der Waals surface area contributed by atoms with Crippen LogP contribution in [-0.2, 0) is 4.74 Å². The molecular weight excluding hydrogens is 198 g/mol. The van der Waals surface area contributed by atoms with Crippen LogP contribution >= 0.6 is 0 Å². The average molecular weight is 219 g/mol. The highest BCUT2D eigenvalue weighted by Crippen LogP contribution is 2.15. The standard InChI is InChI=1S/C14H21NO/c1-3-10-15-12-14(16-11-4-2)13-8-6-5-7-9-13/h4-9,14-15H,2-3,10-12H2,1H3. The first-order valence-corrected chi connectivity index (χ1v) is 5.86. The summed E-state index contributed by atoms with van der Waals surface area (Å²) in [5.41, 5.74) is 1.22. The van der Waals surface area contributed by atoms with Gasteiger partial charge in [-0.15, -0.1) is 6.58 Å². The van der Waals surface area contributed by atoms with E-state index in [0.29, 0.717) is 6.61 Å². The highest BCUT2D eigenvalue weighted by atomic mass is 16.5. The number of hydrogen-bond acceptors (Lipinski definition) is 2. The summed E-state index contributed by atoms with van der Waals surface area (Å²) in [6.07, 6.45) is 3.05. The summed E-state index contributed by atoms with van der Waals surface area (Å²) in [6, 6.07) is 10.3. The highest BCUT2D eigenvalue weighted by Gasteiger charge is 2.09. The van der Waals surface area contributed by atoms with E-state index in [-0.39, 0.29) is 6.10 Å². The van der Waals surface area contributed by atoms with E-state index in [4.69, 9.17) is 4.74 Å². The van der Waals surface area contributed by atoms with Crippen LogP contribution in [0.4, 0.5) is 0 Å². The first-order valence-electron chi connectivity index (χ1n) is 5.86. The number of hydrogen-bond donors (Lipinski definition) is 1. The largest absolute Gasteiger partial charge is 0.368 e. The predicted octanol–water partition coefficient (Wildman–Crippen LogP) is 2.93. The molecular formula is C14H21NO. The van der Waals surface area contributed by atoms with E-state index in [0.717, 1.165) is 19.5 Å². The molecule has 88 valence electrons. The molecule has 0 bridgehead atoms. The van der Waals surface area contributed by atoms with Crippen molar-refractivity contribution in [2.24, 2.45) is 0 Å². The highest BCUT2D eigenvalue weighted by molar-refractivity contribution is 5.17. The van der Waals surface area contributed by atoms with Crippen LogP contribution in [0.15, 0.2) is 43.0 Å². The third-order valence-corrected chi connectivity index (χ3v) is 2.34. The van der Waals surface area contributed by atoms with Crippen molar-refractivity contribution in [2.75, 3.05) is 19.7 Å². The fraction of sp³-hybridized carbons (Fsp3) is 0.429. The Balaban J connectivity index is 2.52. The average Bonchev–Trinajstić information content (AvgIpc) is 2.35. The van der Waals surface area contributed by atoms with E-state index in [9.17, 15) is 0 Å². The van der Waals surface area contributed by atoms with Gasteiger partial charge < -0.3 is 10.1 Å². The second kappa shape index (κ2) is 8.08. The topological polar surface area (TPSA) is 21.3 Å². The molecule has 0 aliphatic carbocycles.